The van der Waals surface area contributed by atoms with Gasteiger partial charge in [-0.2, -0.15) is 0 Å². The van der Waals surface area contributed by atoms with E-state index in [0.717, 1.165) is 0 Å². The van der Waals surface area contributed by atoms with Crippen molar-refractivity contribution in [2.24, 2.45) is 0 Å². The van der Waals surface area contributed by atoms with Gasteiger partial charge in [-0.15, -0.1) is 0 Å². The highest BCUT2D eigenvalue weighted by Crippen LogP contribution is 2.22. The molecule has 86 valence electrons. The molecule has 1 aromatic carbocycles. The van der Waals surface area contributed by atoms with Crippen molar-refractivity contribution in [3.05, 3.63) is 57.8 Å². The summed E-state index contributed by atoms with van der Waals surface area (Å²) in [4.78, 5) is 16.0. The van der Waals surface area contributed by atoms with Crippen molar-refractivity contribution >= 4 is 34.7 Å². The molecule has 2 aromatic rings. The number of halogens is 2. The molecule has 2 rings (SSSR count). The van der Waals surface area contributed by atoms with E-state index in [4.69, 9.17) is 28.9 Å². The van der Waals surface area contributed by atoms with E-state index in [0.29, 0.717) is 26.9 Å². The minimum Gasteiger partial charge on any atom is -0.398 e. The molecule has 0 aliphatic heterocycles. The molecule has 17 heavy (non-hydrogen) atoms. The van der Waals surface area contributed by atoms with Crippen LogP contribution in [0.25, 0.3) is 0 Å². The number of ketones is 1. The number of anilines is 1. The maximum Gasteiger partial charge on any atom is 0.196 e. The van der Waals surface area contributed by atoms with Crippen LogP contribution in [0.1, 0.15) is 15.9 Å². The van der Waals surface area contributed by atoms with Crippen molar-refractivity contribution in [1.29, 1.82) is 0 Å². The van der Waals surface area contributed by atoms with E-state index in [2.05, 4.69) is 4.98 Å². The third-order valence-corrected chi connectivity index (χ3v) is 2.66. The van der Waals surface area contributed by atoms with Crippen molar-refractivity contribution in [2.45, 2.75) is 0 Å². The highest BCUT2D eigenvalue weighted by Gasteiger charge is 2.13. The van der Waals surface area contributed by atoms with Crippen molar-refractivity contribution in [2.75, 3.05) is 5.73 Å². The Morgan fingerprint density at radius 1 is 1.18 bits per heavy atom. The summed E-state index contributed by atoms with van der Waals surface area (Å²) in [7, 11) is 0. The Morgan fingerprint density at radius 3 is 2.41 bits per heavy atom. The lowest BCUT2D eigenvalue weighted by atomic mass is 10.0. The highest BCUT2D eigenvalue weighted by molar-refractivity contribution is 6.35. The number of nitrogen functional groups attached to an aromatic ring is 1. The number of hydrogen-bond acceptors (Lipinski definition) is 3. The lowest BCUT2D eigenvalue weighted by molar-refractivity contribution is 0.103. The van der Waals surface area contributed by atoms with Gasteiger partial charge in [-0.3, -0.25) is 9.78 Å². The van der Waals surface area contributed by atoms with E-state index in [1.54, 1.807) is 24.3 Å². The smallest absolute Gasteiger partial charge is 0.196 e. The van der Waals surface area contributed by atoms with Gasteiger partial charge in [0.2, 0.25) is 0 Å². The third kappa shape index (κ3) is 2.57. The topological polar surface area (TPSA) is 56.0 Å². The molecular weight excluding hydrogens is 259 g/mol. The second kappa shape index (κ2) is 4.73. The zero-order valence-electron chi connectivity index (χ0n) is 8.65. The van der Waals surface area contributed by atoms with E-state index in [1.807, 2.05) is 0 Å². The monoisotopic (exact) mass is 266 g/mol. The van der Waals surface area contributed by atoms with Crippen LogP contribution in [-0.2, 0) is 0 Å². The first-order valence-electron chi connectivity index (χ1n) is 4.78. The predicted molar refractivity (Wildman–Crippen MR) is 68.5 cm³/mol. The molecule has 0 saturated carbocycles. The molecule has 5 heteroatoms. The van der Waals surface area contributed by atoms with Crippen molar-refractivity contribution in [1.82, 2.24) is 4.98 Å². The van der Waals surface area contributed by atoms with Crippen LogP contribution in [0.2, 0.25) is 10.0 Å². The molecule has 2 N–H and O–H groups in total. The van der Waals surface area contributed by atoms with E-state index >= 15 is 0 Å². The Morgan fingerprint density at radius 2 is 1.82 bits per heavy atom. The molecule has 0 unspecified atom stereocenters. The first kappa shape index (κ1) is 11.9. The van der Waals surface area contributed by atoms with Crippen LogP contribution in [0.15, 0.2) is 36.7 Å². The van der Waals surface area contributed by atoms with E-state index in [1.165, 1.54) is 12.4 Å². The average molecular weight is 267 g/mol. The Labute approximate surface area is 108 Å². The van der Waals surface area contributed by atoms with E-state index < -0.39 is 0 Å². The van der Waals surface area contributed by atoms with Gasteiger partial charge in [0.05, 0.1) is 5.56 Å². The van der Waals surface area contributed by atoms with Crippen LogP contribution in [0.4, 0.5) is 5.69 Å². The van der Waals surface area contributed by atoms with Gasteiger partial charge in [0.1, 0.15) is 0 Å². The number of benzene rings is 1. The zero-order chi connectivity index (χ0) is 12.4. The SMILES string of the molecule is Nc1ccncc1C(=O)c1cc(Cl)cc(Cl)c1. The zero-order valence-corrected chi connectivity index (χ0v) is 10.2. The first-order valence-corrected chi connectivity index (χ1v) is 5.54. The van der Waals surface area contributed by atoms with Gasteiger partial charge < -0.3 is 5.73 Å². The van der Waals surface area contributed by atoms with Gasteiger partial charge in [0.15, 0.2) is 5.78 Å². The number of nitrogens with zero attached hydrogens (tertiary/aromatic N) is 1. The number of carbonyl (C=O) groups is 1. The Kier molecular flexibility index (Phi) is 3.31. The number of rotatable bonds is 2. The molecule has 3 nitrogen and oxygen atoms in total. The second-order valence-electron chi connectivity index (χ2n) is 3.45. The summed E-state index contributed by atoms with van der Waals surface area (Å²) in [5.41, 5.74) is 6.81. The fraction of sp³-hybridized carbons (Fsp3) is 0. The Hall–Kier alpha value is -1.58. The lowest BCUT2D eigenvalue weighted by Gasteiger charge is -2.05. The van der Waals surface area contributed by atoms with Gasteiger partial charge in [0, 0.05) is 33.7 Å². The van der Waals surface area contributed by atoms with Gasteiger partial charge in [-0.05, 0) is 24.3 Å². The summed E-state index contributed by atoms with van der Waals surface area (Å²) in [5, 5.41) is 0.812. The summed E-state index contributed by atoms with van der Waals surface area (Å²) < 4.78 is 0. The molecule has 1 heterocycles. The highest BCUT2D eigenvalue weighted by atomic mass is 35.5. The summed E-state index contributed by atoms with van der Waals surface area (Å²) in [6, 6.07) is 6.22. The molecule has 0 saturated heterocycles. The van der Waals surface area contributed by atoms with Gasteiger partial charge in [0.25, 0.3) is 0 Å². The molecule has 0 aliphatic carbocycles. The fourth-order valence-electron chi connectivity index (χ4n) is 1.44. The third-order valence-electron chi connectivity index (χ3n) is 2.22. The molecule has 1 aromatic heterocycles. The average Bonchev–Trinajstić information content (AvgIpc) is 2.27. The summed E-state index contributed by atoms with van der Waals surface area (Å²) in [6.45, 7) is 0. The molecule has 0 aliphatic rings. The number of hydrogen-bond donors (Lipinski definition) is 1. The number of pyridine rings is 1. The minimum atomic E-state index is -0.250. The van der Waals surface area contributed by atoms with Crippen LogP contribution >= 0.6 is 23.2 Å². The second-order valence-corrected chi connectivity index (χ2v) is 4.32. The first-order chi connectivity index (χ1) is 8.08. The van der Waals surface area contributed by atoms with E-state index in [-0.39, 0.29) is 5.78 Å². The van der Waals surface area contributed by atoms with Gasteiger partial charge in [-0.25, -0.2) is 0 Å². The van der Waals surface area contributed by atoms with Gasteiger partial charge >= 0.3 is 0 Å². The molecule has 0 fully saturated rings. The number of aromatic nitrogens is 1. The standard InChI is InChI=1S/C12H8Cl2N2O/c13-8-3-7(4-9(14)5-8)12(17)10-6-16-2-1-11(10)15/h1-6H,(H2,15,16). The maximum absolute atomic E-state index is 12.1. The molecular formula is C12H8Cl2N2O. The summed E-state index contributed by atoms with van der Waals surface area (Å²) in [5.74, 6) is -0.250. The van der Waals surface area contributed by atoms with Gasteiger partial charge in [-0.1, -0.05) is 23.2 Å². The van der Waals surface area contributed by atoms with Crippen LogP contribution in [0.3, 0.4) is 0 Å². The van der Waals surface area contributed by atoms with Crippen molar-refractivity contribution in [3.8, 4) is 0 Å². The van der Waals surface area contributed by atoms with Crippen molar-refractivity contribution in [3.63, 3.8) is 0 Å². The number of carbonyl (C=O) groups excluding carboxylic acids is 1. The molecule has 0 amide bonds. The molecule has 0 radical (unpaired) electrons. The molecule has 0 bridgehead atoms. The quantitative estimate of drug-likeness (QED) is 0.850. The van der Waals surface area contributed by atoms with Crippen molar-refractivity contribution < 1.29 is 4.79 Å². The normalized spacial score (nSPS) is 10.2. The number of nitrogens with two attached hydrogens (primary N) is 1. The molecule has 0 spiro atoms. The van der Waals surface area contributed by atoms with Crippen LogP contribution in [-0.4, -0.2) is 10.8 Å². The minimum absolute atomic E-state index is 0.250. The van der Waals surface area contributed by atoms with Crippen LogP contribution < -0.4 is 5.73 Å². The summed E-state index contributed by atoms with van der Waals surface area (Å²) in [6.07, 6.45) is 2.95. The maximum atomic E-state index is 12.1. The predicted octanol–water partition coefficient (Wildman–Crippen LogP) is 3.20. The van der Waals surface area contributed by atoms with Crippen LogP contribution in [0, 0.1) is 0 Å². The lowest BCUT2D eigenvalue weighted by Crippen LogP contribution is -2.05. The van der Waals surface area contributed by atoms with Crippen LogP contribution in [0.5, 0.6) is 0 Å². The molecule has 0 atom stereocenters. The Bertz CT molecular complexity index is 564. The largest absolute Gasteiger partial charge is 0.398 e. The summed E-state index contributed by atoms with van der Waals surface area (Å²) >= 11 is 11.7. The fourth-order valence-corrected chi connectivity index (χ4v) is 1.96. The van der Waals surface area contributed by atoms with E-state index in [9.17, 15) is 4.79 Å². The Balaban J connectivity index is 2.48.